The van der Waals surface area contributed by atoms with Crippen molar-refractivity contribution < 1.29 is 14.1 Å². The van der Waals surface area contributed by atoms with Gasteiger partial charge in [0.25, 0.3) is 11.8 Å². The first-order valence-corrected chi connectivity index (χ1v) is 10.1. The summed E-state index contributed by atoms with van der Waals surface area (Å²) in [6.45, 7) is 1.90. The van der Waals surface area contributed by atoms with E-state index in [2.05, 4.69) is 25.0 Å². The van der Waals surface area contributed by atoms with Crippen LogP contribution in [0.4, 0.5) is 0 Å². The summed E-state index contributed by atoms with van der Waals surface area (Å²) in [5, 5.41) is 4.16. The number of rotatable bonds is 5. The number of ether oxygens (including phenoxy) is 1. The number of piperazine rings is 1. The molecular formula is C22H22N6O3. The lowest BCUT2D eigenvalue weighted by Crippen LogP contribution is -2.50. The van der Waals surface area contributed by atoms with E-state index < -0.39 is 0 Å². The van der Waals surface area contributed by atoms with E-state index in [1.165, 1.54) is 0 Å². The Balaban J connectivity index is 1.35. The molecule has 0 aliphatic carbocycles. The van der Waals surface area contributed by atoms with Crippen molar-refractivity contribution in [2.24, 2.45) is 0 Å². The fourth-order valence-electron chi connectivity index (χ4n) is 3.74. The van der Waals surface area contributed by atoms with E-state index in [-0.39, 0.29) is 18.6 Å². The van der Waals surface area contributed by atoms with Gasteiger partial charge in [-0.15, -0.1) is 0 Å². The van der Waals surface area contributed by atoms with Crippen molar-refractivity contribution in [3.8, 4) is 17.1 Å². The number of aromatic amines is 1. The Kier molecular flexibility index (Phi) is 5.09. The lowest BCUT2D eigenvalue weighted by molar-refractivity contribution is -0.139. The van der Waals surface area contributed by atoms with Gasteiger partial charge in [-0.25, -0.2) is 4.98 Å². The van der Waals surface area contributed by atoms with Gasteiger partial charge in [-0.05, 0) is 37.4 Å². The van der Waals surface area contributed by atoms with Gasteiger partial charge in [0.15, 0.2) is 6.61 Å². The van der Waals surface area contributed by atoms with Crippen LogP contribution >= 0.6 is 0 Å². The molecule has 3 heterocycles. The molecule has 1 saturated heterocycles. The number of H-pyrrole nitrogens is 1. The number of benzene rings is 2. The van der Waals surface area contributed by atoms with Crippen LogP contribution in [0.1, 0.15) is 11.9 Å². The number of carbonyl (C=O) groups excluding carboxylic acids is 1. The molecule has 0 saturated carbocycles. The van der Waals surface area contributed by atoms with Gasteiger partial charge in [0, 0.05) is 25.2 Å². The molecule has 1 amide bonds. The van der Waals surface area contributed by atoms with E-state index in [1.54, 1.807) is 11.2 Å². The highest BCUT2D eigenvalue weighted by Crippen LogP contribution is 2.27. The summed E-state index contributed by atoms with van der Waals surface area (Å²) in [6.07, 6.45) is 1.65. The summed E-state index contributed by atoms with van der Waals surface area (Å²) in [7, 11) is 2.01. The SMILES string of the molecule is CN1CCN(C(=O)COc2ccccc2)C(c2nc(-c3ccc4nc[nH]c4c3)no2)C1. The summed E-state index contributed by atoms with van der Waals surface area (Å²) < 4.78 is 11.3. The largest absolute Gasteiger partial charge is 0.484 e. The second kappa shape index (κ2) is 8.19. The number of fused-ring (bicyclic) bond motifs is 1. The van der Waals surface area contributed by atoms with Crippen molar-refractivity contribution in [3.05, 3.63) is 60.7 Å². The van der Waals surface area contributed by atoms with Crippen LogP contribution in [-0.4, -0.2) is 69.1 Å². The van der Waals surface area contributed by atoms with Crippen molar-refractivity contribution in [1.29, 1.82) is 0 Å². The third kappa shape index (κ3) is 3.99. The summed E-state index contributed by atoms with van der Waals surface area (Å²) in [5.41, 5.74) is 2.59. The zero-order valence-electron chi connectivity index (χ0n) is 17.1. The topological polar surface area (TPSA) is 100 Å². The van der Waals surface area contributed by atoms with E-state index in [0.29, 0.717) is 30.6 Å². The molecule has 158 valence electrons. The molecule has 1 atom stereocenters. The first-order valence-electron chi connectivity index (χ1n) is 10.1. The molecule has 5 rings (SSSR count). The molecule has 1 unspecified atom stereocenters. The fraction of sp³-hybridized carbons (Fsp3) is 0.273. The number of para-hydroxylation sites is 1. The van der Waals surface area contributed by atoms with Crippen molar-refractivity contribution >= 4 is 16.9 Å². The van der Waals surface area contributed by atoms with Gasteiger partial charge in [0.05, 0.1) is 17.4 Å². The molecule has 1 N–H and O–H groups in total. The molecule has 2 aromatic carbocycles. The predicted molar refractivity (Wildman–Crippen MR) is 113 cm³/mol. The molecule has 0 bridgehead atoms. The van der Waals surface area contributed by atoms with Crippen LogP contribution in [0.2, 0.25) is 0 Å². The Morgan fingerprint density at radius 3 is 2.97 bits per heavy atom. The smallest absolute Gasteiger partial charge is 0.261 e. The van der Waals surface area contributed by atoms with Crippen molar-refractivity contribution in [1.82, 2.24) is 29.9 Å². The highest BCUT2D eigenvalue weighted by Gasteiger charge is 2.34. The van der Waals surface area contributed by atoms with Gasteiger partial charge < -0.3 is 24.0 Å². The molecule has 2 aromatic heterocycles. The first-order chi connectivity index (χ1) is 15.2. The lowest BCUT2D eigenvalue weighted by Gasteiger charge is -2.37. The van der Waals surface area contributed by atoms with Crippen molar-refractivity contribution in [2.75, 3.05) is 33.3 Å². The van der Waals surface area contributed by atoms with E-state index in [1.807, 2.05) is 55.6 Å². The van der Waals surface area contributed by atoms with Gasteiger partial charge in [-0.3, -0.25) is 4.79 Å². The van der Waals surface area contributed by atoms with Crippen LogP contribution in [0.3, 0.4) is 0 Å². The number of amides is 1. The lowest BCUT2D eigenvalue weighted by atomic mass is 10.1. The summed E-state index contributed by atoms with van der Waals surface area (Å²) >= 11 is 0. The van der Waals surface area contributed by atoms with E-state index in [4.69, 9.17) is 9.26 Å². The Hall–Kier alpha value is -3.72. The van der Waals surface area contributed by atoms with Crippen LogP contribution in [-0.2, 0) is 4.79 Å². The maximum absolute atomic E-state index is 12.9. The molecule has 1 aliphatic rings. The number of hydrogen-bond donors (Lipinski definition) is 1. The molecule has 9 heteroatoms. The molecule has 1 aliphatic heterocycles. The number of nitrogens with zero attached hydrogens (tertiary/aromatic N) is 5. The highest BCUT2D eigenvalue weighted by molar-refractivity contribution is 5.80. The van der Waals surface area contributed by atoms with E-state index in [9.17, 15) is 4.79 Å². The van der Waals surface area contributed by atoms with E-state index >= 15 is 0 Å². The molecule has 0 spiro atoms. The number of aromatic nitrogens is 4. The monoisotopic (exact) mass is 418 g/mol. The van der Waals surface area contributed by atoms with Crippen LogP contribution in [0, 0.1) is 0 Å². The third-order valence-corrected chi connectivity index (χ3v) is 5.41. The molecular weight excluding hydrogens is 396 g/mol. The van der Waals surface area contributed by atoms with Gasteiger partial charge in [-0.2, -0.15) is 4.98 Å². The van der Waals surface area contributed by atoms with Gasteiger partial charge in [0.2, 0.25) is 5.82 Å². The van der Waals surface area contributed by atoms with Crippen LogP contribution in [0.15, 0.2) is 59.4 Å². The Bertz CT molecular complexity index is 1190. The standard InChI is InChI=1S/C22H22N6O3/c1-27-9-10-28(20(29)13-30-16-5-3-2-4-6-16)19(12-27)22-25-21(26-31-22)15-7-8-17-18(11-15)24-14-23-17/h2-8,11,14,19H,9-10,12-13H2,1H3,(H,23,24). The van der Waals surface area contributed by atoms with Gasteiger partial charge >= 0.3 is 0 Å². The average molecular weight is 418 g/mol. The van der Waals surface area contributed by atoms with Gasteiger partial charge in [0.1, 0.15) is 11.8 Å². The van der Waals surface area contributed by atoms with E-state index in [0.717, 1.165) is 23.1 Å². The second-order valence-corrected chi connectivity index (χ2v) is 7.56. The number of carbonyl (C=O) groups is 1. The molecule has 9 nitrogen and oxygen atoms in total. The first kappa shape index (κ1) is 19.3. The molecule has 1 fully saturated rings. The maximum atomic E-state index is 12.9. The summed E-state index contributed by atoms with van der Waals surface area (Å²) in [4.78, 5) is 28.8. The number of imidazole rings is 1. The summed E-state index contributed by atoms with van der Waals surface area (Å²) in [6, 6.07) is 14.7. The number of likely N-dealkylation sites (N-methyl/N-ethyl adjacent to an activating group) is 1. The fourth-order valence-corrected chi connectivity index (χ4v) is 3.74. The van der Waals surface area contributed by atoms with Crippen LogP contribution in [0.5, 0.6) is 5.75 Å². The van der Waals surface area contributed by atoms with Crippen LogP contribution in [0.25, 0.3) is 22.4 Å². The number of hydrogen-bond acceptors (Lipinski definition) is 7. The van der Waals surface area contributed by atoms with Gasteiger partial charge in [-0.1, -0.05) is 23.4 Å². The normalized spacial score (nSPS) is 17.2. The number of nitrogens with one attached hydrogen (secondary N) is 1. The maximum Gasteiger partial charge on any atom is 0.261 e. The minimum Gasteiger partial charge on any atom is -0.484 e. The predicted octanol–water partition coefficient (Wildman–Crippen LogP) is 2.51. The third-order valence-electron chi connectivity index (χ3n) is 5.41. The minimum atomic E-state index is -0.331. The average Bonchev–Trinajstić information content (AvgIpc) is 3.47. The van der Waals surface area contributed by atoms with Crippen LogP contribution < -0.4 is 4.74 Å². The highest BCUT2D eigenvalue weighted by atomic mass is 16.5. The zero-order chi connectivity index (χ0) is 21.2. The Morgan fingerprint density at radius 2 is 2.10 bits per heavy atom. The molecule has 31 heavy (non-hydrogen) atoms. The quantitative estimate of drug-likeness (QED) is 0.531. The van der Waals surface area contributed by atoms with Crippen molar-refractivity contribution in [2.45, 2.75) is 6.04 Å². The van der Waals surface area contributed by atoms with Crippen molar-refractivity contribution in [3.63, 3.8) is 0 Å². The Labute approximate surface area is 178 Å². The minimum absolute atomic E-state index is 0.0400. The Morgan fingerprint density at radius 1 is 1.23 bits per heavy atom. The second-order valence-electron chi connectivity index (χ2n) is 7.56. The molecule has 4 aromatic rings. The zero-order valence-corrected chi connectivity index (χ0v) is 17.1. The molecule has 0 radical (unpaired) electrons. The summed E-state index contributed by atoms with van der Waals surface area (Å²) in [5.74, 6) is 1.45.